The summed E-state index contributed by atoms with van der Waals surface area (Å²) in [5, 5.41) is 10.6. The average Bonchev–Trinajstić information content (AvgIpc) is 2.15. The molecule has 0 aliphatic carbocycles. The standard InChI is InChI=1S/C7H10N4O3/c1-3-4-9-6(8)5(11(12)13)7(10-4)14-2/h3H2,1-2H3,(H2,8,9,10). The van der Waals surface area contributed by atoms with Crippen LogP contribution in [0.2, 0.25) is 0 Å². The topological polar surface area (TPSA) is 104 Å². The van der Waals surface area contributed by atoms with Crippen LogP contribution in [-0.2, 0) is 6.42 Å². The zero-order valence-electron chi connectivity index (χ0n) is 7.85. The van der Waals surface area contributed by atoms with E-state index in [1.165, 1.54) is 7.11 Å². The second-order valence-electron chi connectivity index (χ2n) is 2.49. The van der Waals surface area contributed by atoms with E-state index in [-0.39, 0.29) is 17.4 Å². The van der Waals surface area contributed by atoms with Crippen LogP contribution in [0.3, 0.4) is 0 Å². The van der Waals surface area contributed by atoms with Crippen molar-refractivity contribution in [1.29, 1.82) is 0 Å². The lowest BCUT2D eigenvalue weighted by atomic mass is 10.4. The minimum absolute atomic E-state index is 0.0978. The largest absolute Gasteiger partial charge is 0.476 e. The summed E-state index contributed by atoms with van der Waals surface area (Å²) in [6.07, 6.45) is 0.540. The van der Waals surface area contributed by atoms with Gasteiger partial charge in [0.15, 0.2) is 0 Å². The van der Waals surface area contributed by atoms with Crippen molar-refractivity contribution in [2.45, 2.75) is 13.3 Å². The lowest BCUT2D eigenvalue weighted by Gasteiger charge is -2.03. The molecule has 1 aromatic heterocycles. The zero-order chi connectivity index (χ0) is 10.7. The third-order valence-electron chi connectivity index (χ3n) is 1.62. The fourth-order valence-corrected chi connectivity index (χ4v) is 0.969. The first kappa shape index (κ1) is 10.2. The molecule has 0 atom stereocenters. The van der Waals surface area contributed by atoms with Crippen LogP contribution in [0.4, 0.5) is 11.5 Å². The minimum atomic E-state index is -0.659. The third kappa shape index (κ3) is 1.70. The van der Waals surface area contributed by atoms with Gasteiger partial charge in [-0.05, 0) is 0 Å². The van der Waals surface area contributed by atoms with E-state index in [1.54, 1.807) is 0 Å². The van der Waals surface area contributed by atoms with Crippen molar-refractivity contribution in [3.63, 3.8) is 0 Å². The molecule has 0 aliphatic heterocycles. The number of ether oxygens (including phenoxy) is 1. The molecule has 0 unspecified atom stereocenters. The highest BCUT2D eigenvalue weighted by molar-refractivity contribution is 5.58. The molecule has 0 aliphatic rings. The van der Waals surface area contributed by atoms with E-state index in [1.807, 2.05) is 6.92 Å². The predicted octanol–water partition coefficient (Wildman–Crippen LogP) is 0.538. The normalized spacial score (nSPS) is 9.86. The van der Waals surface area contributed by atoms with Crippen molar-refractivity contribution in [3.8, 4) is 5.88 Å². The molecule has 7 heteroatoms. The third-order valence-corrected chi connectivity index (χ3v) is 1.62. The fourth-order valence-electron chi connectivity index (χ4n) is 0.969. The zero-order valence-corrected chi connectivity index (χ0v) is 7.85. The van der Waals surface area contributed by atoms with Gasteiger partial charge in [0.2, 0.25) is 5.82 Å². The van der Waals surface area contributed by atoms with Gasteiger partial charge in [-0.3, -0.25) is 10.1 Å². The average molecular weight is 198 g/mol. The molecule has 0 aromatic carbocycles. The van der Waals surface area contributed by atoms with Crippen LogP contribution in [-0.4, -0.2) is 22.0 Å². The van der Waals surface area contributed by atoms with E-state index >= 15 is 0 Å². The summed E-state index contributed by atoms with van der Waals surface area (Å²) < 4.78 is 4.76. The summed E-state index contributed by atoms with van der Waals surface area (Å²) in [7, 11) is 1.30. The fraction of sp³-hybridized carbons (Fsp3) is 0.429. The molecule has 0 amide bonds. The summed E-state index contributed by atoms with van der Waals surface area (Å²) in [4.78, 5) is 17.5. The second-order valence-corrected chi connectivity index (χ2v) is 2.49. The first-order valence-electron chi connectivity index (χ1n) is 3.94. The number of aromatic nitrogens is 2. The van der Waals surface area contributed by atoms with Crippen LogP contribution in [0.15, 0.2) is 0 Å². The summed E-state index contributed by atoms with van der Waals surface area (Å²) in [6.45, 7) is 1.82. The molecule has 76 valence electrons. The number of nitrogens with zero attached hydrogens (tertiary/aromatic N) is 3. The van der Waals surface area contributed by atoms with Gasteiger partial charge in [-0.25, -0.2) is 4.98 Å². The van der Waals surface area contributed by atoms with Crippen molar-refractivity contribution in [2.24, 2.45) is 0 Å². The summed E-state index contributed by atoms with van der Waals surface area (Å²) in [5.74, 6) is 0.156. The van der Waals surface area contributed by atoms with Gasteiger partial charge in [0.05, 0.1) is 12.0 Å². The number of hydrogen-bond acceptors (Lipinski definition) is 6. The molecule has 1 rings (SSSR count). The molecule has 7 nitrogen and oxygen atoms in total. The molecule has 0 spiro atoms. The van der Waals surface area contributed by atoms with Crippen molar-refractivity contribution in [2.75, 3.05) is 12.8 Å². The van der Waals surface area contributed by atoms with Gasteiger partial charge in [-0.1, -0.05) is 6.92 Å². The Labute approximate surface area is 80.1 Å². The Kier molecular flexibility index (Phi) is 2.80. The number of hydrogen-bond donors (Lipinski definition) is 1. The van der Waals surface area contributed by atoms with E-state index in [4.69, 9.17) is 10.5 Å². The van der Waals surface area contributed by atoms with Gasteiger partial charge < -0.3 is 10.5 Å². The lowest BCUT2D eigenvalue weighted by Crippen LogP contribution is -2.06. The molecule has 0 fully saturated rings. The van der Waals surface area contributed by atoms with Crippen LogP contribution in [0.1, 0.15) is 12.7 Å². The SMILES string of the molecule is CCc1nc(N)c([N+](=O)[O-])c(OC)n1. The van der Waals surface area contributed by atoms with Crippen molar-refractivity contribution < 1.29 is 9.66 Å². The summed E-state index contributed by atoms with van der Waals surface area (Å²) in [5.41, 5.74) is 5.02. The molecule has 0 bridgehead atoms. The number of methoxy groups -OCH3 is 1. The van der Waals surface area contributed by atoms with Crippen LogP contribution >= 0.6 is 0 Å². The van der Waals surface area contributed by atoms with Crippen LogP contribution in [0.25, 0.3) is 0 Å². The van der Waals surface area contributed by atoms with Crippen LogP contribution in [0, 0.1) is 10.1 Å². The number of nitrogen functional groups attached to an aromatic ring is 1. The first-order chi connectivity index (χ1) is 6.60. The highest BCUT2D eigenvalue weighted by Gasteiger charge is 2.23. The van der Waals surface area contributed by atoms with Crippen molar-refractivity contribution >= 4 is 11.5 Å². The molecule has 14 heavy (non-hydrogen) atoms. The van der Waals surface area contributed by atoms with Crippen molar-refractivity contribution in [1.82, 2.24) is 9.97 Å². The highest BCUT2D eigenvalue weighted by atomic mass is 16.6. The van der Waals surface area contributed by atoms with Gasteiger partial charge in [-0.2, -0.15) is 4.98 Å². The molecule has 1 aromatic rings. The maximum absolute atomic E-state index is 10.6. The predicted molar refractivity (Wildman–Crippen MR) is 49.0 cm³/mol. The van der Waals surface area contributed by atoms with E-state index in [2.05, 4.69) is 9.97 Å². The maximum atomic E-state index is 10.6. The van der Waals surface area contributed by atoms with Gasteiger partial charge in [0, 0.05) is 6.42 Å². The molecule has 0 radical (unpaired) electrons. The number of aryl methyl sites for hydroxylation is 1. The Balaban J connectivity index is 3.34. The molecule has 0 saturated heterocycles. The van der Waals surface area contributed by atoms with Gasteiger partial charge in [0.1, 0.15) is 5.82 Å². The summed E-state index contributed by atoms with van der Waals surface area (Å²) in [6, 6.07) is 0. The quantitative estimate of drug-likeness (QED) is 0.561. The van der Waals surface area contributed by atoms with Gasteiger partial charge in [0.25, 0.3) is 5.88 Å². The van der Waals surface area contributed by atoms with E-state index in [0.717, 1.165) is 0 Å². The Hall–Kier alpha value is -1.92. The molecular weight excluding hydrogens is 188 g/mol. The minimum Gasteiger partial charge on any atom is -0.476 e. The molecule has 0 saturated carbocycles. The molecular formula is C7H10N4O3. The Morgan fingerprint density at radius 2 is 2.21 bits per heavy atom. The Morgan fingerprint density at radius 1 is 1.57 bits per heavy atom. The Morgan fingerprint density at radius 3 is 2.64 bits per heavy atom. The maximum Gasteiger partial charge on any atom is 0.372 e. The van der Waals surface area contributed by atoms with Crippen molar-refractivity contribution in [3.05, 3.63) is 15.9 Å². The summed E-state index contributed by atoms with van der Waals surface area (Å²) >= 11 is 0. The van der Waals surface area contributed by atoms with Gasteiger partial charge >= 0.3 is 5.69 Å². The highest BCUT2D eigenvalue weighted by Crippen LogP contribution is 2.29. The molecule has 1 heterocycles. The smallest absolute Gasteiger partial charge is 0.372 e. The van der Waals surface area contributed by atoms with Gasteiger partial charge in [-0.15, -0.1) is 0 Å². The van der Waals surface area contributed by atoms with E-state index in [9.17, 15) is 10.1 Å². The first-order valence-corrected chi connectivity index (χ1v) is 3.94. The second kappa shape index (κ2) is 3.86. The number of rotatable bonds is 3. The van der Waals surface area contributed by atoms with Crippen LogP contribution in [0.5, 0.6) is 5.88 Å². The number of nitrogens with two attached hydrogens (primary N) is 1. The number of anilines is 1. The van der Waals surface area contributed by atoms with E-state index in [0.29, 0.717) is 12.2 Å². The lowest BCUT2D eigenvalue weighted by molar-refractivity contribution is -0.385. The van der Waals surface area contributed by atoms with E-state index < -0.39 is 4.92 Å². The number of nitro groups is 1. The molecule has 2 N–H and O–H groups in total. The monoisotopic (exact) mass is 198 g/mol. The Bertz CT molecular complexity index is 366. The van der Waals surface area contributed by atoms with Crippen LogP contribution < -0.4 is 10.5 Å².